The highest BCUT2D eigenvalue weighted by atomic mass is 28.5. The van der Waals surface area contributed by atoms with E-state index in [2.05, 4.69) is 69.2 Å². The molecule has 0 spiro atoms. The Bertz CT molecular complexity index is 753. The Morgan fingerprint density at radius 3 is 0.660 bits per heavy atom. The maximum absolute atomic E-state index is 8.01. The number of hydrogen-bond donors (Lipinski definition) is 0. The molecule has 0 unspecified atom stereocenters. The van der Waals surface area contributed by atoms with Crippen molar-refractivity contribution in [2.45, 2.75) is 194 Å². The highest BCUT2D eigenvalue weighted by Gasteiger charge is 2.57. The highest BCUT2D eigenvalue weighted by Crippen LogP contribution is 2.42. The summed E-state index contributed by atoms with van der Waals surface area (Å²) in [6, 6.07) is 9.71. The van der Waals surface area contributed by atoms with E-state index in [9.17, 15) is 0 Å². The molecule has 0 aromatic rings. The van der Waals surface area contributed by atoms with Crippen LogP contribution >= 0.6 is 0 Å². The summed E-state index contributed by atoms with van der Waals surface area (Å²) < 4.78 is 69.8. The third-order valence-electron chi connectivity index (χ3n) is 9.11. The molecule has 300 valence electrons. The van der Waals surface area contributed by atoms with Crippen LogP contribution in [0.2, 0.25) is 60.4 Å². The van der Waals surface area contributed by atoms with Crippen molar-refractivity contribution in [3.63, 3.8) is 0 Å². The predicted molar refractivity (Wildman–Crippen MR) is 233 cm³/mol. The van der Waals surface area contributed by atoms with Gasteiger partial charge in [-0.2, -0.15) is 0 Å². The third kappa shape index (κ3) is 17.7. The zero-order valence-corrected chi connectivity index (χ0v) is 46.3. The third-order valence-corrected chi connectivity index (χ3v) is 44.1. The van der Waals surface area contributed by atoms with Gasteiger partial charge in [0, 0.05) is 0 Å². The van der Waals surface area contributed by atoms with Crippen molar-refractivity contribution < 1.29 is 41.2 Å². The maximum atomic E-state index is 8.01. The lowest BCUT2D eigenvalue weighted by Gasteiger charge is -2.50. The Labute approximate surface area is 326 Å². The largest absolute Gasteiger partial charge is 0.425 e. The fourth-order valence-electron chi connectivity index (χ4n) is 7.63. The van der Waals surface area contributed by atoms with Crippen molar-refractivity contribution in [3.8, 4) is 0 Å². The average Bonchev–Trinajstić information content (AvgIpc) is 3.04. The molecule has 0 atom stereocenters. The van der Waals surface area contributed by atoms with E-state index in [1.165, 1.54) is 0 Å². The predicted octanol–water partition coefficient (Wildman–Crippen LogP) is 6.47. The Hall–Kier alpha value is 1.77. The molecule has 0 aromatic heterocycles. The van der Waals surface area contributed by atoms with Crippen molar-refractivity contribution in [1.82, 2.24) is 0 Å². The van der Waals surface area contributed by atoms with Gasteiger partial charge in [0.15, 0.2) is 0 Å². The molecule has 1 rings (SSSR count). The molecule has 1 fully saturated rings. The molecule has 1 saturated heterocycles. The Balaban J connectivity index is 4.03. The van der Waals surface area contributed by atoms with Crippen LogP contribution in [-0.4, -0.2) is 92.8 Å². The lowest BCUT2D eigenvalue weighted by atomic mass is 10.6. The van der Waals surface area contributed by atoms with E-state index in [1.54, 1.807) is 0 Å². The summed E-state index contributed by atoms with van der Waals surface area (Å²) >= 11 is 0. The summed E-state index contributed by atoms with van der Waals surface area (Å²) in [5, 5.41) is 0. The first-order valence-corrected chi connectivity index (χ1v) is 37.5. The van der Waals surface area contributed by atoms with Gasteiger partial charge in [-0.15, -0.1) is 0 Å². The molecule has 1 aliphatic rings. The lowest BCUT2D eigenvalue weighted by Crippen LogP contribution is -2.65. The van der Waals surface area contributed by atoms with Gasteiger partial charge in [-0.1, -0.05) is 133 Å². The number of rotatable bonds is 20. The van der Waals surface area contributed by atoms with Crippen LogP contribution < -0.4 is 0 Å². The molecule has 0 aliphatic carbocycles. The summed E-state index contributed by atoms with van der Waals surface area (Å²) in [6.45, 7) is 22.9. The van der Waals surface area contributed by atoms with Crippen LogP contribution in [-0.2, 0) is 41.2 Å². The molecule has 0 N–H and O–H groups in total. The summed E-state index contributed by atoms with van der Waals surface area (Å²) in [4.78, 5) is 0. The summed E-state index contributed by atoms with van der Waals surface area (Å²) in [7, 11) is -19.5. The van der Waals surface area contributed by atoms with Crippen LogP contribution in [0, 0.1) is 0 Å². The minimum Gasteiger partial charge on any atom is -0.425 e. The van der Waals surface area contributed by atoms with E-state index in [1.807, 2.05) is 0 Å². The fraction of sp³-hybridized carbons (Fsp3) is 1.00. The Morgan fingerprint density at radius 1 is 0.260 bits per heavy atom. The first-order chi connectivity index (χ1) is 24.1. The summed E-state index contributed by atoms with van der Waals surface area (Å²) in [5.41, 5.74) is 0. The monoisotopic (exact) mass is 880 g/mol. The zero-order chi connectivity index (χ0) is 37.2. The smallest absolute Gasteiger partial charge is 0.320 e. The molecule has 0 saturated carbocycles. The normalized spacial score (nSPS) is 24.6. The van der Waals surface area contributed by atoms with Crippen molar-refractivity contribution >= 4 is 92.8 Å². The van der Waals surface area contributed by atoms with Crippen molar-refractivity contribution in [2.24, 2.45) is 0 Å². The van der Waals surface area contributed by atoms with Crippen LogP contribution in [0.3, 0.4) is 0 Å². The van der Waals surface area contributed by atoms with Crippen LogP contribution in [0.4, 0.5) is 0 Å². The van der Waals surface area contributed by atoms with Crippen molar-refractivity contribution in [1.29, 1.82) is 0 Å². The average molecular weight is 882 g/mol. The second-order valence-electron chi connectivity index (χ2n) is 14.2. The van der Waals surface area contributed by atoms with Gasteiger partial charge < -0.3 is 41.2 Å². The quantitative estimate of drug-likeness (QED) is 0.127. The van der Waals surface area contributed by atoms with Gasteiger partial charge in [0.1, 0.15) is 0 Å². The molecule has 20 heteroatoms. The summed E-state index contributed by atoms with van der Waals surface area (Å²) in [5.74, 6) is 0. The standard InChI is InChI=1S/C30H80O10Si10/c1-11-21-46(22-12-2)35-44-33-42-31-41-32-43-34-45-36-47(23-13-3,24-14-4)38-49(27-17-7,28-18-8)40-50(29-19-9,30-20-10)39-48(37-46,25-15-5)26-16-6/h11-30,41-45H2,1-10H3. The van der Waals surface area contributed by atoms with E-state index in [-0.39, 0.29) is 0 Å². The van der Waals surface area contributed by atoms with Gasteiger partial charge in [-0.05, 0) is 60.4 Å². The Morgan fingerprint density at radius 2 is 0.440 bits per heavy atom. The Kier molecular flexibility index (Phi) is 28.1. The van der Waals surface area contributed by atoms with Gasteiger partial charge >= 0.3 is 42.8 Å². The molecular formula is C30H80O10Si10. The fourth-order valence-corrected chi connectivity index (χ4v) is 48.9. The maximum Gasteiger partial charge on any atom is 0.320 e. The highest BCUT2D eigenvalue weighted by molar-refractivity contribution is 6.92. The van der Waals surface area contributed by atoms with E-state index < -0.39 is 92.8 Å². The molecule has 0 bridgehead atoms. The molecule has 0 amide bonds. The zero-order valence-electron chi connectivity index (χ0n) is 34.3. The van der Waals surface area contributed by atoms with Crippen LogP contribution in [0.5, 0.6) is 0 Å². The molecule has 1 heterocycles. The van der Waals surface area contributed by atoms with Crippen LogP contribution in [0.1, 0.15) is 133 Å². The minimum absolute atomic E-state index is 0.970. The first kappa shape index (κ1) is 49.8. The minimum atomic E-state index is -2.83. The van der Waals surface area contributed by atoms with E-state index in [0.29, 0.717) is 0 Å². The van der Waals surface area contributed by atoms with Gasteiger partial charge in [0.05, 0.1) is 0 Å². The SMILES string of the molecule is CCC[Si]1(CCC)O[SiH2]O[SiH2]O[SiH2]O[SiH2]O[SiH2]O[Si](CCC)(CCC)O[Si](CCC)(CCC)O[Si](CCC)(CCC)O[Si](CCC)(CCC)O1. The van der Waals surface area contributed by atoms with Gasteiger partial charge in [-0.25, -0.2) is 0 Å². The first-order valence-electron chi connectivity index (χ1n) is 20.5. The molecular weight excluding hydrogens is 801 g/mol. The second kappa shape index (κ2) is 28.2. The van der Waals surface area contributed by atoms with Crippen LogP contribution in [0.25, 0.3) is 0 Å². The van der Waals surface area contributed by atoms with Crippen molar-refractivity contribution in [3.05, 3.63) is 0 Å². The van der Waals surface area contributed by atoms with E-state index >= 15 is 0 Å². The topological polar surface area (TPSA) is 92.3 Å². The van der Waals surface area contributed by atoms with E-state index in [0.717, 1.165) is 125 Å². The molecule has 10 nitrogen and oxygen atoms in total. The summed E-state index contributed by atoms with van der Waals surface area (Å²) in [6.07, 6.45) is 10.3. The lowest BCUT2D eigenvalue weighted by molar-refractivity contribution is 0.235. The molecule has 0 radical (unpaired) electrons. The van der Waals surface area contributed by atoms with Gasteiger partial charge in [0.25, 0.3) is 50.0 Å². The van der Waals surface area contributed by atoms with Crippen LogP contribution in [0.15, 0.2) is 0 Å². The molecule has 0 aromatic carbocycles. The van der Waals surface area contributed by atoms with Gasteiger partial charge in [-0.3, -0.25) is 0 Å². The van der Waals surface area contributed by atoms with Gasteiger partial charge in [0.2, 0.25) is 0 Å². The molecule has 50 heavy (non-hydrogen) atoms. The van der Waals surface area contributed by atoms with Crippen molar-refractivity contribution in [2.75, 3.05) is 0 Å². The molecule has 1 aliphatic heterocycles. The van der Waals surface area contributed by atoms with E-state index in [4.69, 9.17) is 41.2 Å². The number of hydrogen-bond acceptors (Lipinski definition) is 10. The second-order valence-corrected chi connectivity index (χ2v) is 41.5.